The largest absolute Gasteiger partial charge is 0.289 e. The number of hydrogen-bond acceptors (Lipinski definition) is 4. The molecular formula is C14H10N4O3. The number of nitro benzene ring substituents is 1. The van der Waals surface area contributed by atoms with Gasteiger partial charge in [-0.2, -0.15) is 0 Å². The fourth-order valence-electron chi connectivity index (χ4n) is 1.99. The number of benzene rings is 1. The van der Waals surface area contributed by atoms with Crippen LogP contribution in [0, 0.1) is 10.1 Å². The van der Waals surface area contributed by atoms with Crippen molar-refractivity contribution < 1.29 is 4.92 Å². The predicted octanol–water partition coefficient (Wildman–Crippen LogP) is 2.14. The molecule has 3 aromatic rings. The lowest BCUT2D eigenvalue weighted by atomic mass is 10.1. The lowest BCUT2D eigenvalue weighted by Gasteiger charge is -2.01. The maximum Gasteiger partial charge on any atom is 0.273 e. The van der Waals surface area contributed by atoms with E-state index in [9.17, 15) is 14.9 Å². The molecule has 2 aromatic heterocycles. The van der Waals surface area contributed by atoms with Gasteiger partial charge in [0, 0.05) is 30.0 Å². The third kappa shape index (κ3) is 2.44. The van der Waals surface area contributed by atoms with Crippen LogP contribution in [0.3, 0.4) is 0 Å². The van der Waals surface area contributed by atoms with Crippen LogP contribution in [0.2, 0.25) is 0 Å². The number of hydrogen-bond donors (Lipinski definition) is 1. The van der Waals surface area contributed by atoms with Gasteiger partial charge in [-0.25, -0.2) is 9.67 Å². The summed E-state index contributed by atoms with van der Waals surface area (Å²) in [5.74, 6) is 0.458. The lowest BCUT2D eigenvalue weighted by molar-refractivity contribution is -0.384. The van der Waals surface area contributed by atoms with Crippen molar-refractivity contribution in [1.82, 2.24) is 14.8 Å². The first-order chi connectivity index (χ1) is 10.1. The molecule has 104 valence electrons. The average molecular weight is 282 g/mol. The summed E-state index contributed by atoms with van der Waals surface area (Å²) < 4.78 is 1.29. The third-order valence-corrected chi connectivity index (χ3v) is 2.97. The van der Waals surface area contributed by atoms with E-state index < -0.39 is 4.92 Å². The van der Waals surface area contributed by atoms with Gasteiger partial charge in [0.15, 0.2) is 5.82 Å². The summed E-state index contributed by atoms with van der Waals surface area (Å²) in [7, 11) is 0. The number of pyridine rings is 1. The highest BCUT2D eigenvalue weighted by atomic mass is 16.6. The van der Waals surface area contributed by atoms with E-state index in [4.69, 9.17) is 0 Å². The molecule has 1 N–H and O–H groups in total. The molecule has 0 unspecified atom stereocenters. The molecule has 3 rings (SSSR count). The summed E-state index contributed by atoms with van der Waals surface area (Å²) in [4.78, 5) is 26.4. The van der Waals surface area contributed by atoms with Crippen molar-refractivity contribution >= 4 is 5.69 Å². The number of non-ortho nitro benzene ring substituents is 1. The SMILES string of the molecule is O=c1cc(-c2cccc([N+](=O)[O-])c2)[nH]n1-c1ccccn1. The fourth-order valence-corrected chi connectivity index (χ4v) is 1.99. The first kappa shape index (κ1) is 12.8. The molecule has 0 saturated heterocycles. The number of nitro groups is 1. The Morgan fingerprint density at radius 2 is 2.00 bits per heavy atom. The lowest BCUT2D eigenvalue weighted by Crippen LogP contribution is -2.14. The molecule has 0 aliphatic rings. The highest BCUT2D eigenvalue weighted by Gasteiger charge is 2.11. The highest BCUT2D eigenvalue weighted by molar-refractivity contribution is 5.62. The molecule has 2 heterocycles. The average Bonchev–Trinajstić information content (AvgIpc) is 2.90. The summed E-state index contributed by atoms with van der Waals surface area (Å²) in [6.07, 6.45) is 1.58. The van der Waals surface area contributed by atoms with Gasteiger partial charge in [-0.1, -0.05) is 18.2 Å². The molecule has 21 heavy (non-hydrogen) atoms. The second-order valence-corrected chi connectivity index (χ2v) is 4.34. The Hall–Kier alpha value is -3.22. The molecule has 0 spiro atoms. The first-order valence-corrected chi connectivity index (χ1v) is 6.13. The van der Waals surface area contributed by atoms with Crippen LogP contribution in [0.1, 0.15) is 0 Å². The molecule has 0 bridgehead atoms. The first-order valence-electron chi connectivity index (χ1n) is 6.13. The van der Waals surface area contributed by atoms with E-state index >= 15 is 0 Å². The number of nitrogens with one attached hydrogen (secondary N) is 1. The summed E-state index contributed by atoms with van der Waals surface area (Å²) in [5.41, 5.74) is 0.750. The van der Waals surface area contributed by atoms with Crippen molar-refractivity contribution in [2.75, 3.05) is 0 Å². The van der Waals surface area contributed by atoms with Gasteiger partial charge in [0.1, 0.15) is 0 Å². The van der Waals surface area contributed by atoms with Gasteiger partial charge in [0.2, 0.25) is 0 Å². The molecular weight excluding hydrogens is 272 g/mol. The van der Waals surface area contributed by atoms with Crippen LogP contribution in [-0.2, 0) is 0 Å². The molecule has 7 heteroatoms. The standard InChI is InChI=1S/C14H10N4O3/c19-14-9-12(10-4-3-5-11(8-10)18(20)21)16-17(14)13-6-1-2-7-15-13/h1-9,16H. The van der Waals surface area contributed by atoms with Gasteiger partial charge in [0.25, 0.3) is 11.2 Å². The van der Waals surface area contributed by atoms with Gasteiger partial charge in [0.05, 0.1) is 10.6 Å². The van der Waals surface area contributed by atoms with Crippen molar-refractivity contribution in [1.29, 1.82) is 0 Å². The minimum atomic E-state index is -0.475. The second-order valence-electron chi connectivity index (χ2n) is 4.34. The van der Waals surface area contributed by atoms with E-state index in [2.05, 4.69) is 10.1 Å². The zero-order valence-corrected chi connectivity index (χ0v) is 10.8. The monoisotopic (exact) mass is 282 g/mol. The number of aromatic amines is 1. The van der Waals surface area contributed by atoms with Crippen molar-refractivity contribution in [2.24, 2.45) is 0 Å². The molecule has 0 atom stereocenters. The van der Waals surface area contributed by atoms with Gasteiger partial charge in [-0.05, 0) is 12.1 Å². The van der Waals surface area contributed by atoms with Gasteiger partial charge in [-0.3, -0.25) is 20.0 Å². The van der Waals surface area contributed by atoms with E-state index in [1.165, 1.54) is 22.9 Å². The zero-order chi connectivity index (χ0) is 14.8. The van der Waals surface area contributed by atoms with Crippen molar-refractivity contribution in [3.05, 3.63) is 75.2 Å². The Morgan fingerprint density at radius 1 is 1.14 bits per heavy atom. The Bertz CT molecular complexity index is 852. The Labute approximate surface area is 118 Å². The van der Waals surface area contributed by atoms with Crippen LogP contribution >= 0.6 is 0 Å². The van der Waals surface area contributed by atoms with Crippen LogP contribution in [-0.4, -0.2) is 19.7 Å². The van der Waals surface area contributed by atoms with Crippen LogP contribution in [0.4, 0.5) is 5.69 Å². The van der Waals surface area contributed by atoms with E-state index in [1.807, 2.05) is 0 Å². The van der Waals surface area contributed by atoms with Crippen LogP contribution in [0.15, 0.2) is 59.5 Å². The van der Waals surface area contributed by atoms with Crippen molar-refractivity contribution in [3.63, 3.8) is 0 Å². The van der Waals surface area contributed by atoms with Gasteiger partial charge < -0.3 is 0 Å². The minimum Gasteiger partial charge on any atom is -0.289 e. The predicted molar refractivity (Wildman–Crippen MR) is 76.3 cm³/mol. The molecule has 0 amide bonds. The molecule has 0 aliphatic carbocycles. The number of nitrogens with zero attached hydrogens (tertiary/aromatic N) is 3. The fraction of sp³-hybridized carbons (Fsp3) is 0. The van der Waals surface area contributed by atoms with E-state index in [-0.39, 0.29) is 11.2 Å². The molecule has 0 aliphatic heterocycles. The molecule has 1 aromatic carbocycles. The van der Waals surface area contributed by atoms with Crippen LogP contribution in [0.25, 0.3) is 17.1 Å². The molecule has 0 fully saturated rings. The Balaban J connectivity index is 2.08. The van der Waals surface area contributed by atoms with Crippen molar-refractivity contribution in [2.45, 2.75) is 0 Å². The molecule has 7 nitrogen and oxygen atoms in total. The Morgan fingerprint density at radius 3 is 2.71 bits per heavy atom. The van der Waals surface area contributed by atoms with E-state index in [1.54, 1.807) is 36.5 Å². The van der Waals surface area contributed by atoms with E-state index in [0.717, 1.165) is 0 Å². The summed E-state index contributed by atoms with van der Waals surface area (Å²) in [6.45, 7) is 0. The third-order valence-electron chi connectivity index (χ3n) is 2.97. The molecule has 0 radical (unpaired) electrons. The minimum absolute atomic E-state index is 0.0288. The second kappa shape index (κ2) is 5.04. The summed E-state index contributed by atoms with van der Waals surface area (Å²) >= 11 is 0. The van der Waals surface area contributed by atoms with E-state index in [0.29, 0.717) is 17.1 Å². The summed E-state index contributed by atoms with van der Waals surface area (Å²) in [5, 5.41) is 13.7. The quantitative estimate of drug-likeness (QED) is 0.588. The zero-order valence-electron chi connectivity index (χ0n) is 10.8. The summed E-state index contributed by atoms with van der Waals surface area (Å²) in [6, 6.07) is 12.7. The maximum absolute atomic E-state index is 12.0. The van der Waals surface area contributed by atoms with Gasteiger partial charge >= 0.3 is 0 Å². The number of H-pyrrole nitrogens is 1. The van der Waals surface area contributed by atoms with Crippen LogP contribution < -0.4 is 5.56 Å². The van der Waals surface area contributed by atoms with Gasteiger partial charge in [-0.15, -0.1) is 0 Å². The molecule has 0 saturated carbocycles. The topological polar surface area (TPSA) is 93.8 Å². The normalized spacial score (nSPS) is 10.5. The smallest absolute Gasteiger partial charge is 0.273 e. The Kier molecular flexibility index (Phi) is 3.07. The van der Waals surface area contributed by atoms with Crippen LogP contribution in [0.5, 0.6) is 0 Å². The highest BCUT2D eigenvalue weighted by Crippen LogP contribution is 2.21. The number of aromatic nitrogens is 3. The van der Waals surface area contributed by atoms with Crippen molar-refractivity contribution in [3.8, 4) is 17.1 Å². The number of rotatable bonds is 3. The maximum atomic E-state index is 12.0.